The molecule has 0 atom stereocenters. The summed E-state index contributed by atoms with van der Waals surface area (Å²) in [5, 5.41) is 0.663. The molecule has 1 heterocycles. The zero-order valence-corrected chi connectivity index (χ0v) is 16.7. The number of benzene rings is 2. The number of amides is 1. The maximum atomic E-state index is 12.5. The molecule has 0 saturated heterocycles. The third kappa shape index (κ3) is 4.39. The smallest absolute Gasteiger partial charge is 0.279 e. The molecule has 3 aromatic rings. The molecule has 1 aromatic heterocycles. The molecule has 0 aliphatic carbocycles. The largest absolute Gasteiger partial charge is 0.380 e. The molecule has 25 heavy (non-hydrogen) atoms. The molecule has 4 nitrogen and oxygen atoms in total. The molecule has 0 bridgehead atoms. The lowest BCUT2D eigenvalue weighted by Crippen LogP contribution is -2.19. The molecular formula is C18H16BrClN2O2S. The van der Waals surface area contributed by atoms with Crippen molar-refractivity contribution in [3.63, 3.8) is 0 Å². The molecule has 0 aliphatic rings. The van der Waals surface area contributed by atoms with E-state index in [1.165, 1.54) is 11.3 Å². The predicted molar refractivity (Wildman–Crippen MR) is 105 cm³/mol. The van der Waals surface area contributed by atoms with E-state index in [1.54, 1.807) is 12.1 Å². The highest BCUT2D eigenvalue weighted by molar-refractivity contribution is 9.10. The number of nitrogens with zero attached hydrogens (tertiary/aromatic N) is 2. The van der Waals surface area contributed by atoms with Crippen LogP contribution in [-0.2, 0) is 11.3 Å². The van der Waals surface area contributed by atoms with Crippen molar-refractivity contribution >= 4 is 55.0 Å². The molecule has 3 rings (SSSR count). The minimum Gasteiger partial charge on any atom is -0.380 e. The van der Waals surface area contributed by atoms with Gasteiger partial charge in [-0.05, 0) is 49.4 Å². The number of aromatic nitrogens is 1. The van der Waals surface area contributed by atoms with Crippen LogP contribution in [0.15, 0.2) is 51.9 Å². The highest BCUT2D eigenvalue weighted by Gasteiger charge is 2.10. The van der Waals surface area contributed by atoms with Crippen LogP contribution in [0, 0.1) is 0 Å². The van der Waals surface area contributed by atoms with Crippen molar-refractivity contribution in [3.05, 3.63) is 62.3 Å². The van der Waals surface area contributed by atoms with Gasteiger partial charge < -0.3 is 9.30 Å². The number of carbonyl (C=O) groups excluding carboxylic acids is 1. The van der Waals surface area contributed by atoms with Crippen LogP contribution in [0.5, 0.6) is 0 Å². The Balaban J connectivity index is 2.04. The van der Waals surface area contributed by atoms with Gasteiger partial charge in [0.05, 0.1) is 16.8 Å². The van der Waals surface area contributed by atoms with Gasteiger partial charge in [-0.15, -0.1) is 0 Å². The lowest BCUT2D eigenvalue weighted by atomic mass is 10.2. The van der Waals surface area contributed by atoms with Gasteiger partial charge in [-0.1, -0.05) is 38.9 Å². The zero-order chi connectivity index (χ0) is 17.8. The van der Waals surface area contributed by atoms with Crippen molar-refractivity contribution in [2.45, 2.75) is 13.5 Å². The lowest BCUT2D eigenvalue weighted by Gasteiger charge is -2.05. The van der Waals surface area contributed by atoms with E-state index in [2.05, 4.69) is 20.9 Å². The van der Waals surface area contributed by atoms with E-state index >= 15 is 0 Å². The first kappa shape index (κ1) is 18.3. The summed E-state index contributed by atoms with van der Waals surface area (Å²) < 4.78 is 9.38. The Bertz CT molecular complexity index is 963. The van der Waals surface area contributed by atoms with Crippen LogP contribution < -0.4 is 4.80 Å². The SMILES string of the molecule is CCOCCn1c(=NC(=O)c2ccc(Br)cc2)sc2cc(Cl)ccc21. The Morgan fingerprint density at radius 3 is 2.76 bits per heavy atom. The summed E-state index contributed by atoms with van der Waals surface area (Å²) in [7, 11) is 0. The van der Waals surface area contributed by atoms with Gasteiger partial charge in [0.25, 0.3) is 5.91 Å². The van der Waals surface area contributed by atoms with E-state index in [-0.39, 0.29) is 5.91 Å². The highest BCUT2D eigenvalue weighted by Crippen LogP contribution is 2.22. The van der Waals surface area contributed by atoms with E-state index < -0.39 is 0 Å². The van der Waals surface area contributed by atoms with E-state index in [0.29, 0.717) is 35.1 Å². The van der Waals surface area contributed by atoms with Crippen LogP contribution in [-0.4, -0.2) is 23.7 Å². The van der Waals surface area contributed by atoms with Gasteiger partial charge in [0.15, 0.2) is 4.80 Å². The van der Waals surface area contributed by atoms with Crippen molar-refractivity contribution < 1.29 is 9.53 Å². The van der Waals surface area contributed by atoms with Crippen LogP contribution in [0.1, 0.15) is 17.3 Å². The van der Waals surface area contributed by atoms with E-state index in [9.17, 15) is 4.79 Å². The quantitative estimate of drug-likeness (QED) is 0.531. The van der Waals surface area contributed by atoms with E-state index in [1.807, 2.05) is 41.8 Å². The second-order valence-electron chi connectivity index (χ2n) is 5.27. The van der Waals surface area contributed by atoms with Crippen LogP contribution >= 0.6 is 38.9 Å². The van der Waals surface area contributed by atoms with Gasteiger partial charge in [-0.3, -0.25) is 4.79 Å². The molecule has 130 valence electrons. The molecule has 0 unspecified atom stereocenters. The molecule has 0 spiro atoms. The molecule has 0 aliphatic heterocycles. The second-order valence-corrected chi connectivity index (χ2v) is 7.63. The fourth-order valence-electron chi connectivity index (χ4n) is 2.39. The van der Waals surface area contributed by atoms with Crippen molar-refractivity contribution in [1.29, 1.82) is 0 Å². The summed E-state index contributed by atoms with van der Waals surface area (Å²) >= 11 is 10.9. The van der Waals surface area contributed by atoms with E-state index in [0.717, 1.165) is 14.7 Å². The Hall–Kier alpha value is -1.47. The summed E-state index contributed by atoms with van der Waals surface area (Å²) in [6.07, 6.45) is 0. The van der Waals surface area contributed by atoms with Gasteiger partial charge in [-0.2, -0.15) is 4.99 Å². The number of carbonyl (C=O) groups is 1. The Labute approximate surface area is 162 Å². The molecule has 7 heteroatoms. The number of fused-ring (bicyclic) bond motifs is 1. The monoisotopic (exact) mass is 438 g/mol. The standard InChI is InChI=1S/C18H16BrClN2O2S/c1-2-24-10-9-22-15-8-7-14(20)11-16(15)25-18(22)21-17(23)12-3-5-13(19)6-4-12/h3-8,11H,2,9-10H2,1H3. The number of hydrogen-bond acceptors (Lipinski definition) is 3. The van der Waals surface area contributed by atoms with Gasteiger partial charge in [0, 0.05) is 28.2 Å². The van der Waals surface area contributed by atoms with Crippen molar-refractivity contribution in [2.75, 3.05) is 13.2 Å². The third-order valence-corrected chi connectivity index (χ3v) is 5.40. The maximum Gasteiger partial charge on any atom is 0.279 e. The minimum atomic E-state index is -0.268. The van der Waals surface area contributed by atoms with Crippen LogP contribution in [0.3, 0.4) is 0 Å². The van der Waals surface area contributed by atoms with Crippen molar-refractivity contribution in [3.8, 4) is 0 Å². The molecule has 0 fully saturated rings. The van der Waals surface area contributed by atoms with E-state index in [4.69, 9.17) is 16.3 Å². The fourth-order valence-corrected chi connectivity index (χ4v) is 3.99. The number of thiazole rings is 1. The van der Waals surface area contributed by atoms with Gasteiger partial charge in [-0.25, -0.2) is 0 Å². The molecule has 0 N–H and O–H groups in total. The molecule has 0 radical (unpaired) electrons. The summed E-state index contributed by atoms with van der Waals surface area (Å²) in [4.78, 5) is 17.5. The van der Waals surface area contributed by atoms with Crippen LogP contribution in [0.2, 0.25) is 5.02 Å². The summed E-state index contributed by atoms with van der Waals surface area (Å²) in [5.74, 6) is -0.268. The topological polar surface area (TPSA) is 43.6 Å². The number of hydrogen-bond donors (Lipinski definition) is 0. The van der Waals surface area contributed by atoms with Gasteiger partial charge in [0.2, 0.25) is 0 Å². The number of halogens is 2. The average molecular weight is 440 g/mol. The molecule has 2 aromatic carbocycles. The predicted octanol–water partition coefficient (Wildman–Crippen LogP) is 4.90. The van der Waals surface area contributed by atoms with Crippen LogP contribution in [0.25, 0.3) is 10.2 Å². The Kier molecular flexibility index (Phi) is 6.06. The fraction of sp³-hybridized carbons (Fsp3) is 0.222. The summed E-state index contributed by atoms with van der Waals surface area (Å²) in [5.41, 5.74) is 1.55. The first-order valence-electron chi connectivity index (χ1n) is 7.79. The number of rotatable bonds is 5. The zero-order valence-electron chi connectivity index (χ0n) is 13.5. The minimum absolute atomic E-state index is 0.268. The normalized spacial score (nSPS) is 12.0. The van der Waals surface area contributed by atoms with Crippen molar-refractivity contribution in [2.24, 2.45) is 4.99 Å². The van der Waals surface area contributed by atoms with Gasteiger partial charge in [0.1, 0.15) is 0 Å². The van der Waals surface area contributed by atoms with Crippen LogP contribution in [0.4, 0.5) is 0 Å². The first-order valence-corrected chi connectivity index (χ1v) is 9.78. The third-order valence-electron chi connectivity index (χ3n) is 3.60. The maximum absolute atomic E-state index is 12.5. The lowest BCUT2D eigenvalue weighted by molar-refractivity contribution is 0.0996. The van der Waals surface area contributed by atoms with Gasteiger partial charge >= 0.3 is 0 Å². The Morgan fingerprint density at radius 1 is 1.28 bits per heavy atom. The Morgan fingerprint density at radius 2 is 2.04 bits per heavy atom. The molecule has 1 amide bonds. The first-order chi connectivity index (χ1) is 12.1. The second kappa shape index (κ2) is 8.27. The summed E-state index contributed by atoms with van der Waals surface area (Å²) in [6, 6.07) is 12.8. The number of ether oxygens (including phenoxy) is 1. The summed E-state index contributed by atoms with van der Waals surface area (Å²) in [6.45, 7) is 3.80. The van der Waals surface area contributed by atoms with Crippen molar-refractivity contribution in [1.82, 2.24) is 4.57 Å². The average Bonchev–Trinajstić information content (AvgIpc) is 2.92. The molecular weight excluding hydrogens is 424 g/mol. The molecule has 0 saturated carbocycles. The highest BCUT2D eigenvalue weighted by atomic mass is 79.9.